The third-order valence-electron chi connectivity index (χ3n) is 4.74. The average molecular weight is 382 g/mol. The van der Waals surface area contributed by atoms with E-state index < -0.39 is 0 Å². The van der Waals surface area contributed by atoms with Gasteiger partial charge in [-0.05, 0) is 49.5 Å². The number of nitrogens with one attached hydrogen (secondary N) is 1. The van der Waals surface area contributed by atoms with E-state index in [1.54, 1.807) is 18.2 Å². The summed E-state index contributed by atoms with van der Waals surface area (Å²) in [4.78, 5) is 27.4. The smallest absolute Gasteiger partial charge is 0.255 e. The molecule has 0 bridgehead atoms. The van der Waals surface area contributed by atoms with Gasteiger partial charge in [0.15, 0.2) is 11.0 Å². The third-order valence-corrected chi connectivity index (χ3v) is 4.74. The quantitative estimate of drug-likeness (QED) is 0.677. The molecule has 0 unspecified atom stereocenters. The Kier molecular flexibility index (Phi) is 6.21. The fourth-order valence-corrected chi connectivity index (χ4v) is 3.08. The topological polar surface area (TPSA) is 62.6 Å². The van der Waals surface area contributed by atoms with E-state index in [-0.39, 0.29) is 22.7 Å². The summed E-state index contributed by atoms with van der Waals surface area (Å²) in [5.41, 5.74) is 0.850. The molecule has 0 atom stereocenters. The van der Waals surface area contributed by atoms with Crippen LogP contribution in [0, 0.1) is 5.82 Å². The molecule has 2 aromatic carbocycles. The number of carbonyl (C=O) groups is 1. The number of fused-ring (bicyclic) bond motifs is 1. The van der Waals surface area contributed by atoms with E-state index in [1.807, 2.05) is 0 Å². The maximum absolute atomic E-state index is 13.2. The molecule has 0 fully saturated rings. The molecule has 0 aliphatic carbocycles. The summed E-state index contributed by atoms with van der Waals surface area (Å²) in [6.45, 7) is 7.21. The van der Waals surface area contributed by atoms with Crippen molar-refractivity contribution in [2.45, 2.75) is 13.8 Å². The van der Waals surface area contributed by atoms with Crippen molar-refractivity contribution in [2.75, 3.05) is 26.2 Å². The predicted molar refractivity (Wildman–Crippen MR) is 108 cm³/mol. The Hall–Kier alpha value is -2.99. The number of halogens is 1. The lowest BCUT2D eigenvalue weighted by molar-refractivity contribution is 0.0949. The molecule has 3 aromatic rings. The molecular weight excluding hydrogens is 359 g/mol. The maximum Gasteiger partial charge on any atom is 0.255 e. The van der Waals surface area contributed by atoms with Crippen molar-refractivity contribution >= 4 is 16.9 Å². The predicted octanol–water partition coefficient (Wildman–Crippen LogP) is 3.67. The van der Waals surface area contributed by atoms with E-state index in [0.717, 1.165) is 19.6 Å². The van der Waals surface area contributed by atoms with Gasteiger partial charge in [0, 0.05) is 24.7 Å². The molecule has 28 heavy (non-hydrogen) atoms. The van der Waals surface area contributed by atoms with Crippen LogP contribution in [-0.2, 0) is 0 Å². The number of para-hydroxylation sites is 1. The number of benzene rings is 2. The van der Waals surface area contributed by atoms with Gasteiger partial charge in [0.2, 0.25) is 0 Å². The van der Waals surface area contributed by atoms with Crippen LogP contribution in [0.2, 0.25) is 0 Å². The Morgan fingerprint density at radius 3 is 2.50 bits per heavy atom. The Balaban J connectivity index is 1.93. The normalized spacial score (nSPS) is 11.1. The van der Waals surface area contributed by atoms with Gasteiger partial charge in [-0.1, -0.05) is 19.9 Å². The summed E-state index contributed by atoms with van der Waals surface area (Å²) < 4.78 is 19.1. The molecule has 5 nitrogen and oxygen atoms in total. The molecule has 0 aliphatic heterocycles. The van der Waals surface area contributed by atoms with Crippen LogP contribution in [0.1, 0.15) is 24.2 Å². The van der Waals surface area contributed by atoms with Crippen LogP contribution in [0.15, 0.2) is 57.7 Å². The molecule has 0 saturated carbocycles. The Labute approximate surface area is 162 Å². The van der Waals surface area contributed by atoms with Crippen molar-refractivity contribution in [3.8, 4) is 11.3 Å². The fraction of sp³-hybridized carbons (Fsp3) is 0.273. The molecular formula is C22H23FN2O3. The number of hydrogen-bond acceptors (Lipinski definition) is 4. The number of carbonyl (C=O) groups excluding carboxylic acids is 1. The highest BCUT2D eigenvalue weighted by Gasteiger charge is 2.15. The first-order chi connectivity index (χ1) is 13.5. The number of amides is 1. The third kappa shape index (κ3) is 4.28. The standard InChI is InChI=1S/C22H23FN2O3/c1-3-25(4-2)13-12-24-22(27)18-7-5-6-17-19(26)14-20(28-21(17)18)15-8-10-16(23)11-9-15/h5-11,14H,3-4,12-13H2,1-2H3,(H,24,27). The minimum absolute atomic E-state index is 0.231. The Morgan fingerprint density at radius 2 is 1.82 bits per heavy atom. The number of hydrogen-bond donors (Lipinski definition) is 1. The molecule has 3 rings (SSSR count). The van der Waals surface area contributed by atoms with Crippen molar-refractivity contribution in [3.63, 3.8) is 0 Å². The van der Waals surface area contributed by atoms with Gasteiger partial charge < -0.3 is 14.6 Å². The first-order valence-corrected chi connectivity index (χ1v) is 9.36. The molecule has 1 aromatic heterocycles. The molecule has 1 N–H and O–H groups in total. The van der Waals surface area contributed by atoms with Crippen LogP contribution < -0.4 is 10.7 Å². The van der Waals surface area contributed by atoms with Crippen LogP contribution in [0.4, 0.5) is 4.39 Å². The second-order valence-electron chi connectivity index (χ2n) is 6.45. The van der Waals surface area contributed by atoms with E-state index in [9.17, 15) is 14.0 Å². The summed E-state index contributed by atoms with van der Waals surface area (Å²) in [5, 5.41) is 3.22. The zero-order valence-electron chi connectivity index (χ0n) is 16.0. The first-order valence-electron chi connectivity index (χ1n) is 9.36. The lowest BCUT2D eigenvalue weighted by Gasteiger charge is -2.18. The van der Waals surface area contributed by atoms with Gasteiger partial charge in [0.1, 0.15) is 11.6 Å². The second-order valence-corrected chi connectivity index (χ2v) is 6.45. The minimum atomic E-state index is -0.375. The summed E-state index contributed by atoms with van der Waals surface area (Å²) in [6.07, 6.45) is 0. The van der Waals surface area contributed by atoms with Crippen molar-refractivity contribution in [1.29, 1.82) is 0 Å². The van der Waals surface area contributed by atoms with E-state index in [4.69, 9.17) is 4.42 Å². The van der Waals surface area contributed by atoms with E-state index in [0.29, 0.717) is 28.8 Å². The Bertz CT molecular complexity index is 1020. The van der Waals surface area contributed by atoms with Crippen molar-refractivity contribution in [3.05, 3.63) is 70.1 Å². The number of nitrogens with zero attached hydrogens (tertiary/aromatic N) is 1. The largest absolute Gasteiger partial charge is 0.455 e. The number of likely N-dealkylation sites (N-methyl/N-ethyl adjacent to an activating group) is 1. The molecule has 0 radical (unpaired) electrons. The highest BCUT2D eigenvalue weighted by atomic mass is 19.1. The average Bonchev–Trinajstić information content (AvgIpc) is 2.71. The maximum atomic E-state index is 13.2. The van der Waals surface area contributed by atoms with Gasteiger partial charge in [-0.2, -0.15) is 0 Å². The first kappa shape index (κ1) is 19.8. The van der Waals surface area contributed by atoms with Crippen LogP contribution in [0.25, 0.3) is 22.3 Å². The van der Waals surface area contributed by atoms with Crippen LogP contribution in [0.3, 0.4) is 0 Å². The van der Waals surface area contributed by atoms with Gasteiger partial charge in [0.25, 0.3) is 5.91 Å². The highest BCUT2D eigenvalue weighted by Crippen LogP contribution is 2.24. The van der Waals surface area contributed by atoms with E-state index in [2.05, 4.69) is 24.1 Å². The zero-order valence-corrected chi connectivity index (χ0v) is 16.0. The van der Waals surface area contributed by atoms with Gasteiger partial charge in [-0.3, -0.25) is 9.59 Å². The van der Waals surface area contributed by atoms with Crippen LogP contribution in [-0.4, -0.2) is 37.0 Å². The number of rotatable bonds is 7. The van der Waals surface area contributed by atoms with Gasteiger partial charge in [0.05, 0.1) is 10.9 Å². The van der Waals surface area contributed by atoms with Crippen LogP contribution >= 0.6 is 0 Å². The van der Waals surface area contributed by atoms with Gasteiger partial charge >= 0.3 is 0 Å². The lowest BCUT2D eigenvalue weighted by Crippen LogP contribution is -2.34. The van der Waals surface area contributed by atoms with E-state index >= 15 is 0 Å². The Morgan fingerprint density at radius 1 is 1.11 bits per heavy atom. The summed E-state index contributed by atoms with van der Waals surface area (Å²) in [6, 6.07) is 11.9. The zero-order chi connectivity index (χ0) is 20.1. The second kappa shape index (κ2) is 8.80. The van der Waals surface area contributed by atoms with Crippen molar-refractivity contribution in [2.24, 2.45) is 0 Å². The molecule has 6 heteroatoms. The molecule has 1 heterocycles. The summed E-state index contributed by atoms with van der Waals surface area (Å²) >= 11 is 0. The monoisotopic (exact) mass is 382 g/mol. The van der Waals surface area contributed by atoms with Gasteiger partial charge in [-0.25, -0.2) is 4.39 Å². The minimum Gasteiger partial charge on any atom is -0.455 e. The van der Waals surface area contributed by atoms with Crippen molar-refractivity contribution < 1.29 is 13.6 Å². The highest BCUT2D eigenvalue weighted by molar-refractivity contribution is 6.04. The van der Waals surface area contributed by atoms with Gasteiger partial charge in [-0.15, -0.1) is 0 Å². The van der Waals surface area contributed by atoms with E-state index in [1.165, 1.54) is 30.3 Å². The molecule has 0 spiro atoms. The van der Waals surface area contributed by atoms with Crippen LogP contribution in [0.5, 0.6) is 0 Å². The molecule has 146 valence electrons. The molecule has 1 amide bonds. The fourth-order valence-electron chi connectivity index (χ4n) is 3.08. The summed E-state index contributed by atoms with van der Waals surface area (Å²) in [7, 11) is 0. The molecule has 0 saturated heterocycles. The molecule has 0 aliphatic rings. The SMILES string of the molecule is CCN(CC)CCNC(=O)c1cccc2c(=O)cc(-c3ccc(F)cc3)oc12. The lowest BCUT2D eigenvalue weighted by atomic mass is 10.1. The summed E-state index contributed by atoms with van der Waals surface area (Å²) in [5.74, 6) is -0.377. The van der Waals surface area contributed by atoms with Crippen molar-refractivity contribution in [1.82, 2.24) is 10.2 Å².